The minimum atomic E-state index is 0.825. The Morgan fingerprint density at radius 2 is 1.33 bits per heavy atom. The molecule has 0 aliphatic heterocycles. The Morgan fingerprint density at radius 1 is 0.542 bits per heavy atom. The van der Waals surface area contributed by atoms with E-state index in [1.165, 1.54) is 0 Å². The second-order valence-electron chi connectivity index (χ2n) is 5.26. The van der Waals surface area contributed by atoms with Crippen LogP contribution >= 0.6 is 0 Å². The van der Waals surface area contributed by atoms with Gasteiger partial charge in [0.05, 0.1) is 22.8 Å². The zero-order valence-corrected chi connectivity index (χ0v) is 12.9. The van der Waals surface area contributed by atoms with Crippen molar-refractivity contribution < 1.29 is 0 Å². The van der Waals surface area contributed by atoms with E-state index in [1.54, 1.807) is 24.8 Å². The predicted octanol–water partition coefficient (Wildman–Crippen LogP) is 4.27. The summed E-state index contributed by atoms with van der Waals surface area (Å²) in [7, 11) is 0. The molecule has 4 heterocycles. The highest BCUT2D eigenvalue weighted by Gasteiger charge is 2.11. The third-order valence-corrected chi connectivity index (χ3v) is 3.72. The number of rotatable bonds is 3. The van der Waals surface area contributed by atoms with Gasteiger partial charge in [-0.3, -0.25) is 15.0 Å². The molecule has 4 aromatic rings. The first-order valence-corrected chi connectivity index (χ1v) is 7.66. The van der Waals surface area contributed by atoms with Crippen LogP contribution in [0.2, 0.25) is 0 Å². The summed E-state index contributed by atoms with van der Waals surface area (Å²) in [6.07, 6.45) is 7.12. The van der Waals surface area contributed by atoms with Crippen molar-refractivity contribution >= 4 is 0 Å². The summed E-state index contributed by atoms with van der Waals surface area (Å²) in [6, 6.07) is 19.7. The van der Waals surface area contributed by atoms with E-state index in [2.05, 4.69) is 15.0 Å². The van der Waals surface area contributed by atoms with E-state index < -0.39 is 0 Å². The number of hydrogen-bond acceptors (Lipinski definition) is 4. The minimum Gasteiger partial charge on any atom is -0.265 e. The van der Waals surface area contributed by atoms with Gasteiger partial charge in [-0.15, -0.1) is 0 Å². The molecule has 0 N–H and O–H groups in total. The number of aromatic nitrogens is 4. The van der Waals surface area contributed by atoms with Gasteiger partial charge in [0.15, 0.2) is 0 Å². The van der Waals surface area contributed by atoms with Gasteiger partial charge in [0, 0.05) is 30.4 Å². The Morgan fingerprint density at radius 3 is 2.17 bits per heavy atom. The van der Waals surface area contributed by atoms with E-state index in [1.807, 2.05) is 60.7 Å². The van der Waals surface area contributed by atoms with Crippen LogP contribution in [0, 0.1) is 0 Å². The first kappa shape index (κ1) is 14.2. The van der Waals surface area contributed by atoms with Gasteiger partial charge in [-0.1, -0.05) is 18.2 Å². The molecule has 0 saturated carbocycles. The Bertz CT molecular complexity index is 953. The molecule has 0 amide bonds. The predicted molar refractivity (Wildman–Crippen MR) is 93.9 cm³/mol. The monoisotopic (exact) mass is 310 g/mol. The molecule has 24 heavy (non-hydrogen) atoms. The molecule has 4 aromatic heterocycles. The van der Waals surface area contributed by atoms with Crippen molar-refractivity contribution in [3.8, 4) is 33.9 Å². The van der Waals surface area contributed by atoms with E-state index in [0.717, 1.165) is 33.9 Å². The lowest BCUT2D eigenvalue weighted by molar-refractivity contribution is 1.22. The van der Waals surface area contributed by atoms with E-state index in [9.17, 15) is 0 Å². The molecule has 114 valence electrons. The highest BCUT2D eigenvalue weighted by Crippen LogP contribution is 2.29. The Hall–Kier alpha value is -3.40. The van der Waals surface area contributed by atoms with Crippen LogP contribution in [0.4, 0.5) is 0 Å². The van der Waals surface area contributed by atoms with Crippen molar-refractivity contribution in [2.45, 2.75) is 0 Å². The van der Waals surface area contributed by atoms with Crippen LogP contribution < -0.4 is 0 Å². The van der Waals surface area contributed by atoms with Crippen LogP contribution in [-0.2, 0) is 0 Å². The van der Waals surface area contributed by atoms with Crippen molar-refractivity contribution in [3.05, 3.63) is 85.5 Å². The van der Waals surface area contributed by atoms with Gasteiger partial charge in [0.25, 0.3) is 0 Å². The average molecular weight is 310 g/mol. The maximum Gasteiger partial charge on any atom is 0.0964 e. The second kappa shape index (κ2) is 6.38. The number of hydrogen-bond donors (Lipinski definition) is 0. The summed E-state index contributed by atoms with van der Waals surface area (Å²) < 4.78 is 0. The zero-order chi connectivity index (χ0) is 16.2. The molecule has 0 fully saturated rings. The number of pyridine rings is 4. The zero-order valence-electron chi connectivity index (χ0n) is 12.9. The largest absolute Gasteiger partial charge is 0.265 e. The molecule has 0 radical (unpaired) electrons. The fourth-order valence-electron chi connectivity index (χ4n) is 2.60. The van der Waals surface area contributed by atoms with Crippen LogP contribution in [0.1, 0.15) is 0 Å². The van der Waals surface area contributed by atoms with Crippen LogP contribution in [0.15, 0.2) is 85.5 Å². The molecule has 0 aliphatic rings. The van der Waals surface area contributed by atoms with E-state index in [-0.39, 0.29) is 0 Å². The van der Waals surface area contributed by atoms with Gasteiger partial charge >= 0.3 is 0 Å². The lowest BCUT2D eigenvalue weighted by atomic mass is 10.0. The SMILES string of the molecule is c1ccc(-c2cccc(-c3ncccc3-c3ccncc3)n2)nc1. The van der Waals surface area contributed by atoms with E-state index in [0.29, 0.717) is 0 Å². The van der Waals surface area contributed by atoms with Crippen molar-refractivity contribution in [3.63, 3.8) is 0 Å². The maximum absolute atomic E-state index is 4.76. The summed E-state index contributed by atoms with van der Waals surface area (Å²) in [6.45, 7) is 0. The average Bonchev–Trinajstić information content (AvgIpc) is 2.69. The topological polar surface area (TPSA) is 51.6 Å². The van der Waals surface area contributed by atoms with E-state index in [4.69, 9.17) is 4.98 Å². The molecule has 0 saturated heterocycles. The molecular weight excluding hydrogens is 296 g/mol. The summed E-state index contributed by atoms with van der Waals surface area (Å²) in [5.41, 5.74) is 5.45. The van der Waals surface area contributed by atoms with Crippen LogP contribution in [0.3, 0.4) is 0 Å². The molecule has 0 spiro atoms. The van der Waals surface area contributed by atoms with Crippen LogP contribution in [-0.4, -0.2) is 19.9 Å². The Kier molecular flexibility index (Phi) is 3.78. The third kappa shape index (κ3) is 2.77. The fraction of sp³-hybridized carbons (Fsp3) is 0. The van der Waals surface area contributed by atoms with Crippen LogP contribution in [0.25, 0.3) is 33.9 Å². The van der Waals surface area contributed by atoms with Gasteiger partial charge in [0.1, 0.15) is 0 Å². The van der Waals surface area contributed by atoms with Gasteiger partial charge in [-0.2, -0.15) is 0 Å². The highest BCUT2D eigenvalue weighted by atomic mass is 14.8. The molecule has 0 unspecified atom stereocenters. The molecule has 0 bridgehead atoms. The van der Waals surface area contributed by atoms with Crippen LogP contribution in [0.5, 0.6) is 0 Å². The minimum absolute atomic E-state index is 0.825. The molecule has 0 atom stereocenters. The summed E-state index contributed by atoms with van der Waals surface area (Å²) in [5, 5.41) is 0. The second-order valence-corrected chi connectivity index (χ2v) is 5.26. The fourth-order valence-corrected chi connectivity index (χ4v) is 2.60. The normalized spacial score (nSPS) is 10.5. The standard InChI is InChI=1S/C20H14N4/c1-2-11-22-17(6-1)18-7-3-8-19(24-18)20-16(5-4-12-23-20)15-9-13-21-14-10-15/h1-14H. The molecular formula is C20H14N4. The Balaban J connectivity index is 1.84. The van der Waals surface area contributed by atoms with Gasteiger partial charge in [-0.25, -0.2) is 4.98 Å². The molecule has 4 heteroatoms. The first-order chi connectivity index (χ1) is 11.9. The van der Waals surface area contributed by atoms with Crippen molar-refractivity contribution in [2.75, 3.05) is 0 Å². The quantitative estimate of drug-likeness (QED) is 0.567. The summed E-state index contributed by atoms with van der Waals surface area (Å²) >= 11 is 0. The maximum atomic E-state index is 4.76. The smallest absolute Gasteiger partial charge is 0.0964 e. The number of nitrogens with zero attached hydrogens (tertiary/aromatic N) is 4. The first-order valence-electron chi connectivity index (χ1n) is 7.66. The van der Waals surface area contributed by atoms with Gasteiger partial charge in [-0.05, 0) is 48.0 Å². The Labute approximate surface area is 139 Å². The summed E-state index contributed by atoms with van der Waals surface area (Å²) in [4.78, 5) is 17.8. The lowest BCUT2D eigenvalue weighted by Crippen LogP contribution is -1.94. The molecule has 0 aromatic carbocycles. The van der Waals surface area contributed by atoms with Crippen molar-refractivity contribution in [1.29, 1.82) is 0 Å². The molecule has 4 rings (SSSR count). The van der Waals surface area contributed by atoms with E-state index >= 15 is 0 Å². The van der Waals surface area contributed by atoms with Crippen molar-refractivity contribution in [1.82, 2.24) is 19.9 Å². The highest BCUT2D eigenvalue weighted by molar-refractivity contribution is 5.79. The molecule has 0 aliphatic carbocycles. The summed E-state index contributed by atoms with van der Waals surface area (Å²) in [5.74, 6) is 0. The van der Waals surface area contributed by atoms with Crippen molar-refractivity contribution in [2.24, 2.45) is 0 Å². The van der Waals surface area contributed by atoms with Gasteiger partial charge < -0.3 is 0 Å². The molecule has 4 nitrogen and oxygen atoms in total. The van der Waals surface area contributed by atoms with Gasteiger partial charge in [0.2, 0.25) is 0 Å². The third-order valence-electron chi connectivity index (χ3n) is 3.72. The lowest BCUT2D eigenvalue weighted by Gasteiger charge is -2.09.